The predicted molar refractivity (Wildman–Crippen MR) is 85.2 cm³/mol. The Morgan fingerprint density at radius 2 is 1.90 bits per heavy atom. The fourth-order valence-corrected chi connectivity index (χ4v) is 3.24. The van der Waals surface area contributed by atoms with Gasteiger partial charge in [0.2, 0.25) is 0 Å². The molecule has 0 heterocycles. The van der Waals surface area contributed by atoms with E-state index < -0.39 is 10.8 Å². The quantitative estimate of drug-likeness (QED) is 0.770. The lowest BCUT2D eigenvalue weighted by atomic mass is 10.1. The van der Waals surface area contributed by atoms with Crippen molar-refractivity contribution in [2.24, 2.45) is 0 Å². The zero-order chi connectivity index (χ0) is 15.2. The van der Waals surface area contributed by atoms with E-state index in [-0.39, 0.29) is 11.5 Å². The van der Waals surface area contributed by atoms with Gasteiger partial charge in [0, 0.05) is 16.6 Å². The van der Waals surface area contributed by atoms with Crippen LogP contribution in [-0.2, 0) is 16.6 Å². The Hall–Kier alpha value is -1.94. The molecule has 21 heavy (non-hydrogen) atoms. The summed E-state index contributed by atoms with van der Waals surface area (Å²) in [5.41, 5.74) is 2.60. The first-order valence-corrected chi connectivity index (χ1v) is 8.15. The Kier molecular flexibility index (Phi) is 5.28. The van der Waals surface area contributed by atoms with Crippen LogP contribution < -0.4 is 4.74 Å². The molecule has 1 unspecified atom stereocenters. The van der Waals surface area contributed by atoms with E-state index in [4.69, 9.17) is 4.74 Å². The topological polar surface area (TPSA) is 43.4 Å². The van der Waals surface area contributed by atoms with E-state index in [0.717, 1.165) is 11.1 Å². The van der Waals surface area contributed by atoms with Crippen LogP contribution in [-0.4, -0.2) is 22.9 Å². The summed E-state index contributed by atoms with van der Waals surface area (Å²) in [7, 11) is 0.298. The molecule has 0 bridgehead atoms. The number of methoxy groups -OCH3 is 1. The van der Waals surface area contributed by atoms with Crippen LogP contribution in [0.15, 0.2) is 48.5 Å². The molecule has 0 N–H and O–H groups in total. The van der Waals surface area contributed by atoms with Gasteiger partial charge in [-0.3, -0.25) is 9.00 Å². The Morgan fingerprint density at radius 1 is 1.14 bits per heavy atom. The average molecular weight is 302 g/mol. The molecule has 0 aliphatic heterocycles. The molecular weight excluding hydrogens is 284 g/mol. The van der Waals surface area contributed by atoms with Gasteiger partial charge in [-0.2, -0.15) is 0 Å². The number of carbonyl (C=O) groups is 1. The molecular formula is C17H18O3S. The molecule has 0 saturated heterocycles. The molecule has 0 amide bonds. The van der Waals surface area contributed by atoms with Crippen LogP contribution in [0.2, 0.25) is 0 Å². The van der Waals surface area contributed by atoms with Crippen molar-refractivity contribution in [3.05, 3.63) is 65.2 Å². The van der Waals surface area contributed by atoms with E-state index >= 15 is 0 Å². The molecule has 110 valence electrons. The zero-order valence-electron chi connectivity index (χ0n) is 12.2. The largest absolute Gasteiger partial charge is 0.496 e. The maximum atomic E-state index is 12.2. The van der Waals surface area contributed by atoms with E-state index in [1.54, 1.807) is 24.3 Å². The lowest BCUT2D eigenvalue weighted by Gasteiger charge is -2.07. The average Bonchev–Trinajstić information content (AvgIpc) is 2.47. The van der Waals surface area contributed by atoms with E-state index in [2.05, 4.69) is 0 Å². The monoisotopic (exact) mass is 302 g/mol. The molecule has 1 atom stereocenters. The van der Waals surface area contributed by atoms with Crippen LogP contribution in [0.1, 0.15) is 21.5 Å². The molecule has 2 rings (SSSR count). The van der Waals surface area contributed by atoms with Crippen LogP contribution in [0.25, 0.3) is 0 Å². The summed E-state index contributed by atoms with van der Waals surface area (Å²) in [5, 5.41) is 0. The number of ketones is 1. The van der Waals surface area contributed by atoms with Gasteiger partial charge in [0.1, 0.15) is 5.75 Å². The van der Waals surface area contributed by atoms with Gasteiger partial charge in [-0.1, -0.05) is 42.0 Å². The summed E-state index contributed by atoms with van der Waals surface area (Å²) >= 11 is 0. The molecule has 0 fully saturated rings. The zero-order valence-corrected chi connectivity index (χ0v) is 13.0. The second-order valence-corrected chi connectivity index (χ2v) is 6.30. The maximum Gasteiger partial charge on any atom is 0.179 e. The Bertz CT molecular complexity index is 665. The Balaban J connectivity index is 2.04. The van der Waals surface area contributed by atoms with E-state index in [1.165, 1.54) is 7.11 Å². The van der Waals surface area contributed by atoms with Gasteiger partial charge < -0.3 is 4.74 Å². The molecule has 2 aromatic carbocycles. The van der Waals surface area contributed by atoms with Crippen molar-refractivity contribution in [2.75, 3.05) is 12.9 Å². The van der Waals surface area contributed by atoms with Gasteiger partial charge in [-0.15, -0.1) is 0 Å². The lowest BCUT2D eigenvalue weighted by Crippen LogP contribution is -2.13. The molecule has 0 radical (unpaired) electrons. The highest BCUT2D eigenvalue weighted by Crippen LogP contribution is 2.18. The summed E-state index contributed by atoms with van der Waals surface area (Å²) in [6.45, 7) is 1.99. The van der Waals surface area contributed by atoms with Gasteiger partial charge in [-0.25, -0.2) is 0 Å². The van der Waals surface area contributed by atoms with Crippen molar-refractivity contribution < 1.29 is 13.7 Å². The van der Waals surface area contributed by atoms with Crippen molar-refractivity contribution in [3.63, 3.8) is 0 Å². The number of aryl methyl sites for hydroxylation is 1. The molecule has 3 nitrogen and oxygen atoms in total. The van der Waals surface area contributed by atoms with E-state index in [0.29, 0.717) is 17.1 Å². The minimum Gasteiger partial charge on any atom is -0.496 e. The van der Waals surface area contributed by atoms with Crippen molar-refractivity contribution in [1.82, 2.24) is 0 Å². The molecule has 0 aliphatic carbocycles. The number of rotatable bonds is 6. The normalized spacial score (nSPS) is 11.9. The van der Waals surface area contributed by atoms with Crippen LogP contribution in [0.5, 0.6) is 5.75 Å². The first-order chi connectivity index (χ1) is 10.1. The van der Waals surface area contributed by atoms with Crippen molar-refractivity contribution in [3.8, 4) is 5.75 Å². The third-order valence-corrected chi connectivity index (χ3v) is 4.35. The van der Waals surface area contributed by atoms with Crippen LogP contribution in [0.3, 0.4) is 0 Å². The fourth-order valence-electron chi connectivity index (χ4n) is 2.14. The number of Topliss-reactive ketones (excluding diaryl/α,β-unsaturated/α-hetero) is 1. The number of hydrogen-bond acceptors (Lipinski definition) is 3. The number of hydrogen-bond donors (Lipinski definition) is 0. The van der Waals surface area contributed by atoms with Gasteiger partial charge >= 0.3 is 0 Å². The SMILES string of the molecule is COc1ccccc1C(=O)CS(=O)Cc1cccc(C)c1. The smallest absolute Gasteiger partial charge is 0.179 e. The summed E-state index contributed by atoms with van der Waals surface area (Å²) in [6, 6.07) is 14.9. The standard InChI is InChI=1S/C17H18O3S/c1-13-6-5-7-14(10-13)11-21(19)12-16(18)15-8-3-4-9-17(15)20-2/h3-10H,11-12H2,1-2H3. The van der Waals surface area contributed by atoms with Crippen LogP contribution in [0, 0.1) is 6.92 Å². The highest BCUT2D eigenvalue weighted by atomic mass is 32.2. The van der Waals surface area contributed by atoms with Gasteiger partial charge in [0.25, 0.3) is 0 Å². The minimum atomic E-state index is -1.23. The highest BCUT2D eigenvalue weighted by Gasteiger charge is 2.15. The summed E-state index contributed by atoms with van der Waals surface area (Å²) in [4.78, 5) is 12.2. The molecule has 0 spiro atoms. The highest BCUT2D eigenvalue weighted by molar-refractivity contribution is 7.85. The first kappa shape index (κ1) is 15.4. The van der Waals surface area contributed by atoms with Crippen molar-refractivity contribution >= 4 is 16.6 Å². The van der Waals surface area contributed by atoms with E-state index in [1.807, 2.05) is 31.2 Å². The third-order valence-electron chi connectivity index (χ3n) is 3.11. The second kappa shape index (κ2) is 7.18. The number of benzene rings is 2. The molecule has 0 saturated carbocycles. The van der Waals surface area contributed by atoms with Gasteiger partial charge in [0.15, 0.2) is 5.78 Å². The van der Waals surface area contributed by atoms with Crippen molar-refractivity contribution in [2.45, 2.75) is 12.7 Å². The summed E-state index contributed by atoms with van der Waals surface area (Å²) < 4.78 is 17.3. The summed E-state index contributed by atoms with van der Waals surface area (Å²) in [5.74, 6) is 0.769. The Labute approximate surface area is 127 Å². The maximum absolute atomic E-state index is 12.2. The predicted octanol–water partition coefficient (Wildman–Crippen LogP) is 3.14. The first-order valence-electron chi connectivity index (χ1n) is 6.67. The number of carbonyl (C=O) groups excluding carboxylic acids is 1. The number of para-hydroxylation sites is 1. The van der Waals surface area contributed by atoms with Gasteiger partial charge in [0.05, 0.1) is 18.4 Å². The minimum absolute atomic E-state index is 0.00825. The Morgan fingerprint density at radius 3 is 2.62 bits per heavy atom. The van der Waals surface area contributed by atoms with Crippen molar-refractivity contribution in [1.29, 1.82) is 0 Å². The van der Waals surface area contributed by atoms with Crippen LogP contribution in [0.4, 0.5) is 0 Å². The third kappa shape index (κ3) is 4.26. The molecule has 0 aliphatic rings. The summed E-state index contributed by atoms with van der Waals surface area (Å²) in [6.07, 6.45) is 0. The lowest BCUT2D eigenvalue weighted by molar-refractivity contribution is 0.101. The molecule has 0 aromatic heterocycles. The molecule has 2 aromatic rings. The number of ether oxygens (including phenoxy) is 1. The second-order valence-electron chi connectivity index (χ2n) is 4.84. The van der Waals surface area contributed by atoms with Crippen LogP contribution >= 0.6 is 0 Å². The van der Waals surface area contributed by atoms with Gasteiger partial charge in [-0.05, 0) is 24.6 Å². The molecule has 4 heteroatoms. The fraction of sp³-hybridized carbons (Fsp3) is 0.235. The van der Waals surface area contributed by atoms with E-state index in [9.17, 15) is 9.00 Å².